The third-order valence-electron chi connectivity index (χ3n) is 2.06. The molecule has 0 aliphatic rings. The maximum Gasteiger partial charge on any atom is 0.316 e. The van der Waals surface area contributed by atoms with Crippen LogP contribution in [-0.4, -0.2) is 34.4 Å². The SMILES string of the molecule is CCOC(=O)CSc1ccc(NC(=O)C(C)C)nn1. The molecule has 0 aliphatic carbocycles. The van der Waals surface area contributed by atoms with Gasteiger partial charge in [0.25, 0.3) is 0 Å². The number of carbonyl (C=O) groups is 2. The van der Waals surface area contributed by atoms with Crippen LogP contribution in [0, 0.1) is 5.92 Å². The molecule has 0 unspecified atom stereocenters. The number of anilines is 1. The Kier molecular flexibility index (Phi) is 6.27. The first-order chi connectivity index (χ1) is 9.02. The number of thioether (sulfide) groups is 1. The number of amides is 1. The van der Waals surface area contributed by atoms with Gasteiger partial charge in [-0.05, 0) is 19.1 Å². The summed E-state index contributed by atoms with van der Waals surface area (Å²) >= 11 is 1.24. The predicted octanol–water partition coefficient (Wildman–Crippen LogP) is 1.73. The lowest BCUT2D eigenvalue weighted by Gasteiger charge is -2.06. The molecule has 0 saturated carbocycles. The molecule has 104 valence electrons. The van der Waals surface area contributed by atoms with E-state index in [1.54, 1.807) is 32.9 Å². The summed E-state index contributed by atoms with van der Waals surface area (Å²) < 4.78 is 4.80. The number of ether oxygens (including phenoxy) is 1. The van der Waals surface area contributed by atoms with E-state index in [1.807, 2.05) is 0 Å². The lowest BCUT2D eigenvalue weighted by atomic mass is 10.2. The van der Waals surface area contributed by atoms with E-state index in [-0.39, 0.29) is 23.5 Å². The largest absolute Gasteiger partial charge is 0.465 e. The normalized spacial score (nSPS) is 10.3. The lowest BCUT2D eigenvalue weighted by Crippen LogP contribution is -2.18. The van der Waals surface area contributed by atoms with Crippen LogP contribution in [0.15, 0.2) is 17.2 Å². The number of hydrogen-bond acceptors (Lipinski definition) is 6. The van der Waals surface area contributed by atoms with Crippen LogP contribution in [0.1, 0.15) is 20.8 Å². The summed E-state index contributed by atoms with van der Waals surface area (Å²) in [5.74, 6) is 0.0896. The zero-order valence-corrected chi connectivity index (χ0v) is 12.0. The first-order valence-electron chi connectivity index (χ1n) is 5.96. The van der Waals surface area contributed by atoms with Crippen LogP contribution < -0.4 is 5.32 Å². The maximum absolute atomic E-state index is 11.4. The second-order valence-electron chi connectivity index (χ2n) is 3.99. The maximum atomic E-state index is 11.4. The Hall–Kier alpha value is -1.63. The van der Waals surface area contributed by atoms with Gasteiger partial charge in [-0.1, -0.05) is 25.6 Å². The molecule has 0 aromatic carbocycles. The van der Waals surface area contributed by atoms with Gasteiger partial charge in [0.05, 0.1) is 12.4 Å². The van der Waals surface area contributed by atoms with Gasteiger partial charge >= 0.3 is 5.97 Å². The number of carbonyl (C=O) groups excluding carboxylic acids is 2. The van der Waals surface area contributed by atoms with Gasteiger partial charge in [-0.15, -0.1) is 10.2 Å². The summed E-state index contributed by atoms with van der Waals surface area (Å²) in [4.78, 5) is 22.6. The third kappa shape index (κ3) is 5.69. The molecule has 7 heteroatoms. The summed E-state index contributed by atoms with van der Waals surface area (Å²) in [5.41, 5.74) is 0. The summed E-state index contributed by atoms with van der Waals surface area (Å²) in [5, 5.41) is 11.0. The highest BCUT2D eigenvalue weighted by atomic mass is 32.2. The van der Waals surface area contributed by atoms with Crippen molar-refractivity contribution in [3.05, 3.63) is 12.1 Å². The fourth-order valence-electron chi connectivity index (χ4n) is 1.07. The molecule has 6 nitrogen and oxygen atoms in total. The van der Waals surface area contributed by atoms with Gasteiger partial charge in [-0.2, -0.15) is 0 Å². The van der Waals surface area contributed by atoms with Crippen LogP contribution in [0.5, 0.6) is 0 Å². The number of esters is 1. The molecular weight excluding hydrogens is 266 g/mol. The van der Waals surface area contributed by atoms with Crippen LogP contribution in [0.3, 0.4) is 0 Å². The van der Waals surface area contributed by atoms with E-state index in [4.69, 9.17) is 4.74 Å². The van der Waals surface area contributed by atoms with Crippen molar-refractivity contribution in [2.75, 3.05) is 17.7 Å². The first-order valence-corrected chi connectivity index (χ1v) is 6.94. The molecule has 0 bridgehead atoms. The van der Waals surface area contributed by atoms with Crippen molar-refractivity contribution in [2.45, 2.75) is 25.8 Å². The highest BCUT2D eigenvalue weighted by Crippen LogP contribution is 2.15. The molecule has 1 aromatic heterocycles. The Balaban J connectivity index is 2.47. The molecular formula is C12H17N3O3S. The highest BCUT2D eigenvalue weighted by Gasteiger charge is 2.09. The fraction of sp³-hybridized carbons (Fsp3) is 0.500. The van der Waals surface area contributed by atoms with Gasteiger partial charge in [0.15, 0.2) is 5.82 Å². The van der Waals surface area contributed by atoms with Crippen molar-refractivity contribution in [3.63, 3.8) is 0 Å². The zero-order valence-electron chi connectivity index (χ0n) is 11.2. The van der Waals surface area contributed by atoms with E-state index in [0.29, 0.717) is 17.5 Å². The van der Waals surface area contributed by atoms with E-state index in [0.717, 1.165) is 0 Å². The van der Waals surface area contributed by atoms with Crippen LogP contribution >= 0.6 is 11.8 Å². The van der Waals surface area contributed by atoms with Crippen LogP contribution in [0.25, 0.3) is 0 Å². The molecule has 0 saturated heterocycles. The molecule has 1 N–H and O–H groups in total. The average molecular weight is 283 g/mol. The molecule has 0 atom stereocenters. The van der Waals surface area contributed by atoms with Crippen LogP contribution in [0.4, 0.5) is 5.82 Å². The molecule has 19 heavy (non-hydrogen) atoms. The first kappa shape index (κ1) is 15.4. The highest BCUT2D eigenvalue weighted by molar-refractivity contribution is 7.99. The Morgan fingerprint density at radius 2 is 2.11 bits per heavy atom. The number of aromatic nitrogens is 2. The summed E-state index contributed by atoms with van der Waals surface area (Å²) in [6.45, 7) is 5.72. The third-order valence-corrected chi connectivity index (χ3v) is 2.95. The second kappa shape index (κ2) is 7.73. The van der Waals surface area contributed by atoms with Crippen molar-refractivity contribution in [1.82, 2.24) is 10.2 Å². The number of hydrogen-bond donors (Lipinski definition) is 1. The molecule has 0 aliphatic heterocycles. The zero-order chi connectivity index (χ0) is 14.3. The Bertz CT molecular complexity index is 434. The number of nitrogens with zero attached hydrogens (tertiary/aromatic N) is 2. The fourth-order valence-corrected chi connectivity index (χ4v) is 1.68. The number of nitrogens with one attached hydrogen (secondary N) is 1. The topological polar surface area (TPSA) is 81.2 Å². The smallest absolute Gasteiger partial charge is 0.316 e. The quantitative estimate of drug-likeness (QED) is 0.632. The molecule has 1 aromatic rings. The molecule has 0 spiro atoms. The van der Waals surface area contributed by atoms with Crippen molar-refractivity contribution >= 4 is 29.5 Å². The Labute approximate surface area is 116 Å². The van der Waals surface area contributed by atoms with E-state index < -0.39 is 0 Å². The van der Waals surface area contributed by atoms with E-state index in [1.165, 1.54) is 11.8 Å². The minimum Gasteiger partial charge on any atom is -0.465 e. The van der Waals surface area contributed by atoms with Gasteiger partial charge in [-0.3, -0.25) is 9.59 Å². The van der Waals surface area contributed by atoms with Gasteiger partial charge in [0.1, 0.15) is 5.03 Å². The Morgan fingerprint density at radius 1 is 1.37 bits per heavy atom. The van der Waals surface area contributed by atoms with Crippen LogP contribution in [-0.2, 0) is 14.3 Å². The van der Waals surface area contributed by atoms with Gasteiger partial charge < -0.3 is 10.1 Å². The van der Waals surface area contributed by atoms with Gasteiger partial charge in [0.2, 0.25) is 5.91 Å². The molecule has 0 radical (unpaired) electrons. The van der Waals surface area contributed by atoms with E-state index >= 15 is 0 Å². The van der Waals surface area contributed by atoms with E-state index in [2.05, 4.69) is 15.5 Å². The number of rotatable bonds is 6. The minimum absolute atomic E-state index is 0.110. The van der Waals surface area contributed by atoms with Crippen LogP contribution in [0.2, 0.25) is 0 Å². The molecule has 1 rings (SSSR count). The molecule has 1 amide bonds. The standard InChI is InChI=1S/C12H17N3O3S/c1-4-18-11(16)7-19-10-6-5-9(14-15-10)13-12(17)8(2)3/h5-6,8H,4,7H2,1-3H3,(H,13,14,17). The molecule has 1 heterocycles. The van der Waals surface area contributed by atoms with Crippen molar-refractivity contribution < 1.29 is 14.3 Å². The summed E-state index contributed by atoms with van der Waals surface area (Å²) in [6, 6.07) is 3.35. The van der Waals surface area contributed by atoms with Crippen molar-refractivity contribution in [1.29, 1.82) is 0 Å². The van der Waals surface area contributed by atoms with Gasteiger partial charge in [0, 0.05) is 5.92 Å². The monoisotopic (exact) mass is 283 g/mol. The Morgan fingerprint density at radius 3 is 2.63 bits per heavy atom. The predicted molar refractivity (Wildman–Crippen MR) is 72.9 cm³/mol. The van der Waals surface area contributed by atoms with Crippen molar-refractivity contribution in [3.8, 4) is 0 Å². The summed E-state index contributed by atoms with van der Waals surface area (Å²) in [6.07, 6.45) is 0. The lowest BCUT2D eigenvalue weighted by molar-refractivity contribution is -0.139. The second-order valence-corrected chi connectivity index (χ2v) is 4.99. The van der Waals surface area contributed by atoms with Crippen molar-refractivity contribution in [2.24, 2.45) is 5.92 Å². The summed E-state index contributed by atoms with van der Waals surface area (Å²) in [7, 11) is 0. The molecule has 0 fully saturated rings. The average Bonchev–Trinajstić information content (AvgIpc) is 2.38. The van der Waals surface area contributed by atoms with Gasteiger partial charge in [-0.25, -0.2) is 0 Å². The minimum atomic E-state index is -0.286. The van der Waals surface area contributed by atoms with E-state index in [9.17, 15) is 9.59 Å².